The van der Waals surface area contributed by atoms with Crippen LogP contribution >= 0.6 is 11.6 Å². The lowest BCUT2D eigenvalue weighted by molar-refractivity contribution is 0.371. The first-order chi connectivity index (χ1) is 7.99. The number of imidazole rings is 1. The Morgan fingerprint density at radius 2 is 2.06 bits per heavy atom. The molecule has 1 atom stereocenters. The zero-order valence-electron chi connectivity index (χ0n) is 10.4. The normalized spacial score (nSPS) is 13.5. The van der Waals surface area contributed by atoms with E-state index in [1.54, 1.807) is 0 Å². The molecule has 0 aliphatic heterocycles. The maximum atomic E-state index is 5.96. The predicted octanol–water partition coefficient (Wildman–Crippen LogP) is 3.56. The molecule has 0 saturated carbocycles. The van der Waals surface area contributed by atoms with E-state index in [9.17, 15) is 0 Å². The molecule has 2 rings (SSSR count). The van der Waals surface area contributed by atoms with Crippen molar-refractivity contribution in [1.29, 1.82) is 0 Å². The number of aromatic nitrogens is 2. The van der Waals surface area contributed by atoms with Crippen molar-refractivity contribution in [2.24, 2.45) is 11.8 Å². The summed E-state index contributed by atoms with van der Waals surface area (Å²) < 4.78 is 2.07. The highest BCUT2D eigenvalue weighted by Crippen LogP contribution is 2.24. The lowest BCUT2D eigenvalue weighted by Crippen LogP contribution is -2.14. The van der Waals surface area contributed by atoms with Gasteiger partial charge in [0.2, 0.25) is 5.95 Å². The number of nitrogen functional groups attached to an aromatic ring is 1. The minimum absolute atomic E-state index is 0.561. The van der Waals surface area contributed by atoms with Crippen molar-refractivity contribution in [1.82, 2.24) is 9.55 Å². The van der Waals surface area contributed by atoms with Crippen LogP contribution in [0.15, 0.2) is 18.2 Å². The molecule has 0 radical (unpaired) electrons. The zero-order chi connectivity index (χ0) is 12.6. The van der Waals surface area contributed by atoms with Gasteiger partial charge in [0.25, 0.3) is 0 Å². The Bertz CT molecular complexity index is 531. The number of hydrogen-bond donors (Lipinski definition) is 1. The second-order valence-electron chi connectivity index (χ2n) is 4.93. The Morgan fingerprint density at radius 3 is 2.71 bits per heavy atom. The van der Waals surface area contributed by atoms with Crippen LogP contribution in [0.5, 0.6) is 0 Å². The maximum Gasteiger partial charge on any atom is 0.201 e. The van der Waals surface area contributed by atoms with Crippen LogP contribution in [0.2, 0.25) is 5.02 Å². The van der Waals surface area contributed by atoms with Crippen molar-refractivity contribution < 1.29 is 0 Å². The summed E-state index contributed by atoms with van der Waals surface area (Å²) in [4.78, 5) is 4.34. The molecule has 2 aromatic rings. The summed E-state index contributed by atoms with van der Waals surface area (Å²) in [5, 5.41) is 0.694. The molecule has 1 aromatic carbocycles. The molecule has 0 amide bonds. The highest BCUT2D eigenvalue weighted by Gasteiger charge is 2.13. The Hall–Kier alpha value is -1.22. The summed E-state index contributed by atoms with van der Waals surface area (Å²) in [6.45, 7) is 7.56. The number of benzene rings is 1. The topological polar surface area (TPSA) is 43.8 Å². The molecule has 0 saturated heterocycles. The Morgan fingerprint density at radius 1 is 1.35 bits per heavy atom. The fraction of sp³-hybridized carbons (Fsp3) is 0.462. The first-order valence-electron chi connectivity index (χ1n) is 5.90. The van der Waals surface area contributed by atoms with E-state index in [0.29, 0.717) is 22.8 Å². The van der Waals surface area contributed by atoms with E-state index < -0.39 is 0 Å². The summed E-state index contributed by atoms with van der Waals surface area (Å²) in [6.07, 6.45) is 0. The molecule has 4 heteroatoms. The first-order valence-corrected chi connectivity index (χ1v) is 6.28. The van der Waals surface area contributed by atoms with Gasteiger partial charge in [-0.3, -0.25) is 0 Å². The predicted molar refractivity (Wildman–Crippen MR) is 73.2 cm³/mol. The van der Waals surface area contributed by atoms with E-state index in [0.717, 1.165) is 17.6 Å². The molecule has 0 aliphatic rings. The van der Waals surface area contributed by atoms with Crippen LogP contribution in [-0.2, 0) is 6.54 Å². The monoisotopic (exact) mass is 251 g/mol. The van der Waals surface area contributed by atoms with Crippen molar-refractivity contribution in [2.45, 2.75) is 27.3 Å². The summed E-state index contributed by atoms with van der Waals surface area (Å²) in [6, 6.07) is 5.71. The van der Waals surface area contributed by atoms with Crippen LogP contribution in [0, 0.1) is 11.8 Å². The minimum Gasteiger partial charge on any atom is -0.369 e. The van der Waals surface area contributed by atoms with Gasteiger partial charge in [-0.15, -0.1) is 0 Å². The van der Waals surface area contributed by atoms with Gasteiger partial charge in [-0.25, -0.2) is 4.98 Å². The number of hydrogen-bond acceptors (Lipinski definition) is 2. The van der Waals surface area contributed by atoms with E-state index in [1.807, 2.05) is 18.2 Å². The van der Waals surface area contributed by atoms with E-state index in [2.05, 4.69) is 30.3 Å². The van der Waals surface area contributed by atoms with Crippen molar-refractivity contribution in [3.63, 3.8) is 0 Å². The third kappa shape index (κ3) is 2.39. The number of nitrogens with two attached hydrogens (primary N) is 1. The molecule has 17 heavy (non-hydrogen) atoms. The molecule has 1 unspecified atom stereocenters. The number of halogens is 1. The average Bonchev–Trinajstić information content (AvgIpc) is 2.54. The Balaban J connectivity index is 2.43. The summed E-state index contributed by atoms with van der Waals surface area (Å²) >= 11 is 5.95. The van der Waals surface area contributed by atoms with Crippen LogP contribution in [-0.4, -0.2) is 9.55 Å². The van der Waals surface area contributed by atoms with Crippen molar-refractivity contribution >= 4 is 28.6 Å². The van der Waals surface area contributed by atoms with Gasteiger partial charge in [-0.05, 0) is 30.0 Å². The first kappa shape index (κ1) is 12.2. The van der Waals surface area contributed by atoms with Gasteiger partial charge in [0.1, 0.15) is 0 Å². The van der Waals surface area contributed by atoms with Crippen LogP contribution in [0.1, 0.15) is 20.8 Å². The fourth-order valence-electron chi connectivity index (χ4n) is 1.81. The SMILES string of the molecule is CC(C)C(C)Cn1c(N)nc2cc(Cl)ccc21. The molecule has 0 spiro atoms. The molecule has 1 aromatic heterocycles. The van der Waals surface area contributed by atoms with E-state index >= 15 is 0 Å². The summed E-state index contributed by atoms with van der Waals surface area (Å²) in [7, 11) is 0. The molecule has 1 heterocycles. The molecule has 92 valence electrons. The Kier molecular flexibility index (Phi) is 3.29. The average molecular weight is 252 g/mol. The third-order valence-electron chi connectivity index (χ3n) is 3.35. The number of nitrogens with zero attached hydrogens (tertiary/aromatic N) is 2. The highest BCUT2D eigenvalue weighted by molar-refractivity contribution is 6.31. The smallest absolute Gasteiger partial charge is 0.201 e. The van der Waals surface area contributed by atoms with E-state index in [-0.39, 0.29) is 0 Å². The zero-order valence-corrected chi connectivity index (χ0v) is 11.2. The van der Waals surface area contributed by atoms with Gasteiger partial charge in [-0.1, -0.05) is 32.4 Å². The largest absolute Gasteiger partial charge is 0.369 e. The minimum atomic E-state index is 0.561. The number of rotatable bonds is 3. The van der Waals surface area contributed by atoms with Gasteiger partial charge in [0.05, 0.1) is 11.0 Å². The van der Waals surface area contributed by atoms with Crippen LogP contribution in [0.25, 0.3) is 11.0 Å². The third-order valence-corrected chi connectivity index (χ3v) is 3.58. The maximum absolute atomic E-state index is 5.96. The molecule has 0 aliphatic carbocycles. The quantitative estimate of drug-likeness (QED) is 0.906. The fourth-order valence-corrected chi connectivity index (χ4v) is 1.98. The van der Waals surface area contributed by atoms with Crippen LogP contribution < -0.4 is 5.73 Å². The molecule has 3 nitrogen and oxygen atoms in total. The highest BCUT2D eigenvalue weighted by atomic mass is 35.5. The summed E-state index contributed by atoms with van der Waals surface area (Å²) in [5.41, 5.74) is 7.88. The standard InChI is InChI=1S/C13H18ClN3/c1-8(2)9(3)7-17-12-5-4-10(14)6-11(12)16-13(17)15/h4-6,8-9H,7H2,1-3H3,(H2,15,16). The van der Waals surface area contributed by atoms with Crippen LogP contribution in [0.3, 0.4) is 0 Å². The molecule has 0 fully saturated rings. The second kappa shape index (κ2) is 4.57. The molecule has 0 bridgehead atoms. The van der Waals surface area contributed by atoms with E-state index in [1.165, 1.54) is 0 Å². The van der Waals surface area contributed by atoms with Crippen molar-refractivity contribution in [3.05, 3.63) is 23.2 Å². The van der Waals surface area contributed by atoms with Crippen molar-refractivity contribution in [3.8, 4) is 0 Å². The van der Waals surface area contributed by atoms with Gasteiger partial charge in [0.15, 0.2) is 0 Å². The van der Waals surface area contributed by atoms with Gasteiger partial charge in [-0.2, -0.15) is 0 Å². The Labute approximate surface area is 107 Å². The van der Waals surface area contributed by atoms with Crippen LogP contribution in [0.4, 0.5) is 5.95 Å². The molecular formula is C13H18ClN3. The lowest BCUT2D eigenvalue weighted by atomic mass is 9.98. The summed E-state index contributed by atoms with van der Waals surface area (Å²) in [5.74, 6) is 1.75. The van der Waals surface area contributed by atoms with Gasteiger partial charge >= 0.3 is 0 Å². The second-order valence-corrected chi connectivity index (χ2v) is 5.37. The number of anilines is 1. The van der Waals surface area contributed by atoms with E-state index in [4.69, 9.17) is 17.3 Å². The lowest BCUT2D eigenvalue weighted by Gasteiger charge is -2.17. The van der Waals surface area contributed by atoms with Crippen molar-refractivity contribution in [2.75, 3.05) is 5.73 Å². The van der Waals surface area contributed by atoms with Gasteiger partial charge in [0, 0.05) is 11.6 Å². The van der Waals surface area contributed by atoms with Gasteiger partial charge < -0.3 is 10.3 Å². The number of fused-ring (bicyclic) bond motifs is 1. The molecule has 2 N–H and O–H groups in total. The molecular weight excluding hydrogens is 234 g/mol.